The number of carbonyl (C=O) groups excluding carboxylic acids is 2. The van der Waals surface area contributed by atoms with E-state index >= 15 is 0 Å². The van der Waals surface area contributed by atoms with Crippen LogP contribution in [-0.4, -0.2) is 31.1 Å². The van der Waals surface area contributed by atoms with Gasteiger partial charge in [-0.1, -0.05) is 0 Å². The Morgan fingerprint density at radius 1 is 1.26 bits per heavy atom. The van der Waals surface area contributed by atoms with Gasteiger partial charge in [-0.2, -0.15) is 0 Å². The Morgan fingerprint density at radius 2 is 1.89 bits per heavy atom. The molecule has 0 saturated heterocycles. The van der Waals surface area contributed by atoms with Crippen molar-refractivity contribution in [2.75, 3.05) is 7.11 Å². The smallest absolute Gasteiger partial charge is 0.338 e. The molecule has 1 saturated carbocycles. The molecule has 0 aliphatic heterocycles. The molecule has 1 N–H and O–H groups in total. The van der Waals surface area contributed by atoms with Gasteiger partial charge in [-0.15, -0.1) is 0 Å². The van der Waals surface area contributed by atoms with Gasteiger partial charge in [0.25, 0.3) is 5.91 Å². The van der Waals surface area contributed by atoms with E-state index in [4.69, 9.17) is 9.47 Å². The lowest BCUT2D eigenvalue weighted by Crippen LogP contribution is -2.37. The first kappa shape index (κ1) is 13.4. The number of esters is 1. The first-order valence-corrected chi connectivity index (χ1v) is 6.25. The normalized spacial score (nSPS) is 15.5. The maximum absolute atomic E-state index is 11.8. The summed E-state index contributed by atoms with van der Waals surface area (Å²) in [5, 5.41) is 2.79. The molecule has 0 aromatic heterocycles. The number of nitrogens with one attached hydrogen (secondary N) is 1. The fraction of sp³-hybridized carbons (Fsp3) is 0.429. The third-order valence-corrected chi connectivity index (χ3v) is 2.90. The van der Waals surface area contributed by atoms with Crippen LogP contribution < -0.4 is 10.1 Å². The molecule has 1 atom stereocenters. The maximum atomic E-state index is 11.8. The topological polar surface area (TPSA) is 64.6 Å². The van der Waals surface area contributed by atoms with Crippen LogP contribution in [0.5, 0.6) is 5.75 Å². The molecule has 0 heterocycles. The van der Waals surface area contributed by atoms with Crippen LogP contribution in [0.4, 0.5) is 0 Å². The highest BCUT2D eigenvalue weighted by atomic mass is 16.5. The van der Waals surface area contributed by atoms with Gasteiger partial charge in [-0.05, 0) is 44.0 Å². The van der Waals surface area contributed by atoms with Crippen LogP contribution in [0.1, 0.15) is 30.1 Å². The molecule has 0 bridgehead atoms. The molecule has 1 aromatic carbocycles. The molecule has 102 valence electrons. The molecule has 1 aromatic rings. The van der Waals surface area contributed by atoms with Gasteiger partial charge in [0, 0.05) is 6.04 Å². The van der Waals surface area contributed by atoms with Gasteiger partial charge in [0.15, 0.2) is 6.10 Å². The molecule has 5 heteroatoms. The van der Waals surface area contributed by atoms with Crippen molar-refractivity contribution in [3.8, 4) is 5.75 Å². The Balaban J connectivity index is 1.89. The molecular weight excluding hydrogens is 246 g/mol. The molecule has 0 unspecified atom stereocenters. The van der Waals surface area contributed by atoms with Gasteiger partial charge in [0.05, 0.1) is 12.7 Å². The molecule has 2 rings (SSSR count). The van der Waals surface area contributed by atoms with Gasteiger partial charge in [0.1, 0.15) is 5.75 Å². The number of ether oxygens (including phenoxy) is 2. The van der Waals surface area contributed by atoms with E-state index in [1.54, 1.807) is 38.3 Å². The Morgan fingerprint density at radius 3 is 2.42 bits per heavy atom. The summed E-state index contributed by atoms with van der Waals surface area (Å²) in [7, 11) is 1.55. The number of rotatable bonds is 5. The zero-order valence-corrected chi connectivity index (χ0v) is 11.0. The SMILES string of the molecule is COc1ccc(C(=O)O[C@H](C)C(=O)NC2CC2)cc1. The molecule has 19 heavy (non-hydrogen) atoms. The van der Waals surface area contributed by atoms with Crippen molar-refractivity contribution >= 4 is 11.9 Å². The minimum absolute atomic E-state index is 0.246. The number of hydrogen-bond acceptors (Lipinski definition) is 4. The zero-order chi connectivity index (χ0) is 13.8. The Labute approximate surface area is 111 Å². The van der Waals surface area contributed by atoms with E-state index in [2.05, 4.69) is 5.32 Å². The van der Waals surface area contributed by atoms with Crippen molar-refractivity contribution in [1.29, 1.82) is 0 Å². The number of amides is 1. The predicted molar refractivity (Wildman–Crippen MR) is 69.0 cm³/mol. The highest BCUT2D eigenvalue weighted by molar-refractivity contribution is 5.92. The first-order valence-electron chi connectivity index (χ1n) is 6.25. The number of hydrogen-bond donors (Lipinski definition) is 1. The summed E-state index contributed by atoms with van der Waals surface area (Å²) >= 11 is 0. The molecule has 1 amide bonds. The second kappa shape index (κ2) is 5.73. The second-order valence-corrected chi connectivity index (χ2v) is 4.56. The van der Waals surface area contributed by atoms with Gasteiger partial charge < -0.3 is 14.8 Å². The number of benzene rings is 1. The minimum atomic E-state index is -0.782. The summed E-state index contributed by atoms with van der Waals surface area (Å²) in [5.74, 6) is -0.0958. The highest BCUT2D eigenvalue weighted by Crippen LogP contribution is 2.19. The van der Waals surface area contributed by atoms with E-state index in [0.29, 0.717) is 11.3 Å². The predicted octanol–water partition coefficient (Wildman–Crippen LogP) is 1.52. The van der Waals surface area contributed by atoms with E-state index in [1.165, 1.54) is 0 Å². The van der Waals surface area contributed by atoms with Crippen molar-refractivity contribution in [2.45, 2.75) is 31.9 Å². The van der Waals surface area contributed by atoms with Gasteiger partial charge in [-0.25, -0.2) is 4.79 Å². The third kappa shape index (κ3) is 3.71. The van der Waals surface area contributed by atoms with Gasteiger partial charge in [0.2, 0.25) is 0 Å². The summed E-state index contributed by atoms with van der Waals surface area (Å²) < 4.78 is 10.1. The average molecular weight is 263 g/mol. The molecule has 1 aliphatic carbocycles. The standard InChI is InChI=1S/C14H17NO4/c1-9(13(16)15-11-5-6-11)19-14(17)10-3-7-12(18-2)8-4-10/h3-4,7-9,11H,5-6H2,1-2H3,(H,15,16)/t9-/m1/s1. The van der Waals surface area contributed by atoms with Crippen molar-refractivity contribution in [3.05, 3.63) is 29.8 Å². The largest absolute Gasteiger partial charge is 0.497 e. The molecule has 1 aliphatic rings. The number of carbonyl (C=O) groups is 2. The van der Waals surface area contributed by atoms with Gasteiger partial charge >= 0.3 is 5.97 Å². The van der Waals surface area contributed by atoms with Crippen molar-refractivity contribution < 1.29 is 19.1 Å². The maximum Gasteiger partial charge on any atom is 0.338 e. The minimum Gasteiger partial charge on any atom is -0.497 e. The fourth-order valence-electron chi connectivity index (χ4n) is 1.56. The van der Waals surface area contributed by atoms with Crippen molar-refractivity contribution in [3.63, 3.8) is 0 Å². The van der Waals surface area contributed by atoms with Crippen molar-refractivity contribution in [1.82, 2.24) is 5.32 Å². The summed E-state index contributed by atoms with van der Waals surface area (Å²) in [6.07, 6.45) is 1.23. The second-order valence-electron chi connectivity index (χ2n) is 4.56. The summed E-state index contributed by atoms with van der Waals surface area (Å²) in [5.41, 5.74) is 0.395. The Kier molecular flexibility index (Phi) is 4.04. The lowest BCUT2D eigenvalue weighted by Gasteiger charge is -2.13. The monoisotopic (exact) mass is 263 g/mol. The van der Waals surface area contributed by atoms with Crippen LogP contribution in [0.15, 0.2) is 24.3 Å². The molecule has 0 radical (unpaired) electrons. The van der Waals surface area contributed by atoms with E-state index in [9.17, 15) is 9.59 Å². The van der Waals surface area contributed by atoms with Crippen LogP contribution in [0.25, 0.3) is 0 Å². The van der Waals surface area contributed by atoms with Crippen LogP contribution in [0.2, 0.25) is 0 Å². The van der Waals surface area contributed by atoms with E-state index < -0.39 is 12.1 Å². The lowest BCUT2D eigenvalue weighted by molar-refractivity contribution is -0.129. The third-order valence-electron chi connectivity index (χ3n) is 2.90. The summed E-state index contributed by atoms with van der Waals surface area (Å²) in [6.45, 7) is 1.57. The summed E-state index contributed by atoms with van der Waals surface area (Å²) in [6, 6.07) is 6.81. The molecule has 1 fully saturated rings. The number of methoxy groups -OCH3 is 1. The van der Waals surface area contributed by atoms with Gasteiger partial charge in [-0.3, -0.25) is 4.79 Å². The zero-order valence-electron chi connectivity index (χ0n) is 11.0. The Bertz CT molecular complexity index is 465. The first-order chi connectivity index (χ1) is 9.10. The fourth-order valence-corrected chi connectivity index (χ4v) is 1.56. The Hall–Kier alpha value is -2.04. The molecule has 0 spiro atoms. The highest BCUT2D eigenvalue weighted by Gasteiger charge is 2.27. The molecular formula is C14H17NO4. The van der Waals surface area contributed by atoms with E-state index in [1.807, 2.05) is 0 Å². The van der Waals surface area contributed by atoms with Crippen LogP contribution in [-0.2, 0) is 9.53 Å². The summed E-state index contributed by atoms with van der Waals surface area (Å²) in [4.78, 5) is 23.5. The average Bonchev–Trinajstić information content (AvgIpc) is 3.22. The lowest BCUT2D eigenvalue weighted by atomic mass is 10.2. The van der Waals surface area contributed by atoms with E-state index in [0.717, 1.165) is 12.8 Å². The van der Waals surface area contributed by atoms with E-state index in [-0.39, 0.29) is 11.9 Å². The van der Waals surface area contributed by atoms with Crippen LogP contribution >= 0.6 is 0 Å². The van der Waals surface area contributed by atoms with Crippen molar-refractivity contribution in [2.24, 2.45) is 0 Å². The molecule has 5 nitrogen and oxygen atoms in total. The van der Waals surface area contributed by atoms with Crippen LogP contribution in [0, 0.1) is 0 Å². The quantitative estimate of drug-likeness (QED) is 0.818. The van der Waals surface area contributed by atoms with Crippen LogP contribution in [0.3, 0.4) is 0 Å².